The maximum Gasteiger partial charge on any atom is 0.428 e. The molecule has 0 aliphatic carbocycles. The molecule has 0 saturated heterocycles. The Morgan fingerprint density at radius 2 is 1.96 bits per heavy atom. The van der Waals surface area contributed by atoms with Crippen molar-refractivity contribution in [2.45, 2.75) is 25.0 Å². The summed E-state index contributed by atoms with van der Waals surface area (Å²) in [5.41, 5.74) is -0.161. The molecule has 0 unspecified atom stereocenters. The standard InChI is InChI=1S/C13H11F6N3O3/c14-12(15,16)4-10(23)20-8-2-1-6(3-7(8)13(17,18)19)9-5-25-11(24)22-21-9/h1-3,10,20,23H,4-5H2,(H,22,24)/t10-/m0/s1. The predicted octanol–water partition coefficient (Wildman–Crippen LogP) is 2.83. The Balaban J connectivity index is 2.30. The summed E-state index contributed by atoms with van der Waals surface area (Å²) in [5, 5.41) is 14.6. The van der Waals surface area contributed by atoms with E-state index in [1.54, 1.807) is 5.32 Å². The molecular weight excluding hydrogens is 360 g/mol. The molecule has 0 fully saturated rings. The summed E-state index contributed by atoms with van der Waals surface area (Å²) in [7, 11) is 0. The lowest BCUT2D eigenvalue weighted by Gasteiger charge is -2.21. The SMILES string of the molecule is O=C1NN=C(c2ccc(N[C@@H](O)CC(F)(F)F)c(C(F)(F)F)c2)CO1. The third kappa shape index (κ3) is 5.24. The molecule has 0 bridgehead atoms. The van der Waals surface area contributed by atoms with Crippen molar-refractivity contribution < 1.29 is 41.0 Å². The molecule has 0 saturated carbocycles. The van der Waals surface area contributed by atoms with Crippen LogP contribution in [0, 0.1) is 0 Å². The summed E-state index contributed by atoms with van der Waals surface area (Å²) in [6, 6.07) is 2.62. The number of amides is 1. The summed E-state index contributed by atoms with van der Waals surface area (Å²) < 4.78 is 80.6. The smallest absolute Gasteiger partial charge is 0.428 e. The summed E-state index contributed by atoms with van der Waals surface area (Å²) in [4.78, 5) is 10.8. The maximum atomic E-state index is 13.2. The first-order chi connectivity index (χ1) is 11.5. The number of cyclic esters (lactones) is 1. The maximum absolute atomic E-state index is 13.2. The number of aliphatic hydroxyl groups excluding tert-OH is 1. The molecule has 1 aliphatic rings. The van der Waals surface area contributed by atoms with Crippen molar-refractivity contribution in [3.05, 3.63) is 29.3 Å². The first-order valence-electron chi connectivity index (χ1n) is 6.68. The molecule has 138 valence electrons. The van der Waals surface area contributed by atoms with Crippen molar-refractivity contribution in [3.63, 3.8) is 0 Å². The normalized spacial score (nSPS) is 16.6. The fraction of sp³-hybridized carbons (Fsp3) is 0.385. The van der Waals surface area contributed by atoms with Gasteiger partial charge in [-0.05, 0) is 12.1 Å². The number of carbonyl (C=O) groups excluding carboxylic acids is 1. The topological polar surface area (TPSA) is 83.0 Å². The molecule has 1 atom stereocenters. The van der Waals surface area contributed by atoms with Gasteiger partial charge in [-0.2, -0.15) is 31.4 Å². The van der Waals surface area contributed by atoms with Gasteiger partial charge in [0.05, 0.1) is 12.0 Å². The molecular formula is C13H11F6N3O3. The number of carbonyl (C=O) groups is 1. The number of hydrogen-bond acceptors (Lipinski definition) is 5. The van der Waals surface area contributed by atoms with Gasteiger partial charge in [0.2, 0.25) is 0 Å². The van der Waals surface area contributed by atoms with E-state index in [0.29, 0.717) is 6.07 Å². The molecule has 6 nitrogen and oxygen atoms in total. The van der Waals surface area contributed by atoms with E-state index in [-0.39, 0.29) is 17.9 Å². The van der Waals surface area contributed by atoms with Gasteiger partial charge in [0.15, 0.2) is 0 Å². The van der Waals surface area contributed by atoms with Crippen molar-refractivity contribution in [1.82, 2.24) is 5.43 Å². The monoisotopic (exact) mass is 371 g/mol. The van der Waals surface area contributed by atoms with Crippen molar-refractivity contribution in [3.8, 4) is 0 Å². The fourth-order valence-electron chi connectivity index (χ4n) is 1.99. The molecule has 3 N–H and O–H groups in total. The third-order valence-corrected chi connectivity index (χ3v) is 3.03. The summed E-state index contributed by atoms with van der Waals surface area (Å²) in [6.07, 6.45) is -14.5. The minimum absolute atomic E-state index is 0.00695. The van der Waals surface area contributed by atoms with Crippen LogP contribution in [0.15, 0.2) is 23.3 Å². The second-order valence-electron chi connectivity index (χ2n) is 4.98. The molecule has 1 aliphatic heterocycles. The lowest BCUT2D eigenvalue weighted by molar-refractivity contribution is -0.150. The number of hydrogen-bond donors (Lipinski definition) is 3. The van der Waals surface area contributed by atoms with Crippen molar-refractivity contribution >= 4 is 17.5 Å². The van der Waals surface area contributed by atoms with Crippen LogP contribution in [0.1, 0.15) is 17.5 Å². The molecule has 12 heteroatoms. The van der Waals surface area contributed by atoms with E-state index in [9.17, 15) is 36.2 Å². The molecule has 1 heterocycles. The molecule has 1 aromatic rings. The zero-order valence-corrected chi connectivity index (χ0v) is 12.2. The fourth-order valence-corrected chi connectivity index (χ4v) is 1.99. The second kappa shape index (κ2) is 6.78. The van der Waals surface area contributed by atoms with Gasteiger partial charge in [-0.25, -0.2) is 10.2 Å². The molecule has 25 heavy (non-hydrogen) atoms. The number of ether oxygens (including phenoxy) is 1. The van der Waals surface area contributed by atoms with E-state index in [4.69, 9.17) is 0 Å². The number of alkyl halides is 6. The first-order valence-corrected chi connectivity index (χ1v) is 6.68. The van der Waals surface area contributed by atoms with Crippen LogP contribution in [-0.2, 0) is 10.9 Å². The summed E-state index contributed by atoms with van der Waals surface area (Å²) >= 11 is 0. The van der Waals surface area contributed by atoms with Crippen molar-refractivity contribution in [1.29, 1.82) is 0 Å². The molecule has 1 amide bonds. The number of aliphatic hydroxyl groups is 1. The predicted molar refractivity (Wildman–Crippen MR) is 72.8 cm³/mol. The highest BCUT2D eigenvalue weighted by atomic mass is 19.4. The Morgan fingerprint density at radius 3 is 2.48 bits per heavy atom. The highest BCUT2D eigenvalue weighted by Crippen LogP contribution is 2.36. The molecule has 0 radical (unpaired) electrons. The van der Waals surface area contributed by atoms with E-state index in [1.165, 1.54) is 0 Å². The highest BCUT2D eigenvalue weighted by Gasteiger charge is 2.36. The molecule has 2 rings (SSSR count). The van der Waals surface area contributed by atoms with Crippen molar-refractivity contribution in [2.24, 2.45) is 5.10 Å². The summed E-state index contributed by atoms with van der Waals surface area (Å²) in [5.74, 6) is 0. The van der Waals surface area contributed by atoms with Crippen LogP contribution >= 0.6 is 0 Å². The Labute approximate surface area is 136 Å². The quantitative estimate of drug-likeness (QED) is 0.562. The lowest BCUT2D eigenvalue weighted by Crippen LogP contribution is -2.31. The molecule has 0 aromatic heterocycles. The number of hydrazone groups is 1. The number of nitrogens with one attached hydrogen (secondary N) is 2. The Kier molecular flexibility index (Phi) is 5.11. The van der Waals surface area contributed by atoms with E-state index < -0.39 is 42.3 Å². The van der Waals surface area contributed by atoms with E-state index in [0.717, 1.165) is 12.1 Å². The van der Waals surface area contributed by atoms with Crippen LogP contribution in [0.4, 0.5) is 36.8 Å². The zero-order valence-electron chi connectivity index (χ0n) is 12.2. The Bertz CT molecular complexity index is 687. The van der Waals surface area contributed by atoms with E-state index in [2.05, 4.69) is 9.84 Å². The molecule has 1 aromatic carbocycles. The largest absolute Gasteiger partial charge is 0.442 e. The lowest BCUT2D eigenvalue weighted by atomic mass is 10.0. The van der Waals surface area contributed by atoms with Crippen LogP contribution in [0.2, 0.25) is 0 Å². The molecule has 0 spiro atoms. The van der Waals surface area contributed by atoms with E-state index >= 15 is 0 Å². The minimum atomic E-state index is -4.91. The van der Waals surface area contributed by atoms with Gasteiger partial charge in [-0.15, -0.1) is 0 Å². The van der Waals surface area contributed by atoms with Crippen LogP contribution < -0.4 is 10.7 Å². The Hall–Kier alpha value is -2.50. The average Bonchev–Trinajstić information content (AvgIpc) is 2.45. The third-order valence-electron chi connectivity index (χ3n) is 3.03. The van der Waals surface area contributed by atoms with Crippen LogP contribution in [0.3, 0.4) is 0 Å². The van der Waals surface area contributed by atoms with Gasteiger partial charge in [-0.3, -0.25) is 0 Å². The zero-order chi connectivity index (χ0) is 18.8. The number of halogens is 6. The number of anilines is 1. The van der Waals surface area contributed by atoms with Gasteiger partial charge < -0.3 is 15.2 Å². The number of rotatable bonds is 4. The van der Waals surface area contributed by atoms with E-state index in [1.807, 2.05) is 5.43 Å². The second-order valence-corrected chi connectivity index (χ2v) is 4.98. The number of nitrogens with zero attached hydrogens (tertiary/aromatic N) is 1. The first kappa shape index (κ1) is 18.8. The minimum Gasteiger partial charge on any atom is -0.442 e. The van der Waals surface area contributed by atoms with Gasteiger partial charge in [-0.1, -0.05) is 6.07 Å². The van der Waals surface area contributed by atoms with Crippen LogP contribution in [0.5, 0.6) is 0 Å². The van der Waals surface area contributed by atoms with Crippen LogP contribution in [0.25, 0.3) is 0 Å². The highest BCUT2D eigenvalue weighted by molar-refractivity contribution is 6.04. The van der Waals surface area contributed by atoms with Gasteiger partial charge in [0.1, 0.15) is 18.5 Å². The van der Waals surface area contributed by atoms with Crippen LogP contribution in [-0.4, -0.2) is 35.9 Å². The van der Waals surface area contributed by atoms with Gasteiger partial charge >= 0.3 is 18.4 Å². The summed E-state index contributed by atoms with van der Waals surface area (Å²) in [6.45, 7) is -0.368. The average molecular weight is 371 g/mol. The Morgan fingerprint density at radius 1 is 1.28 bits per heavy atom. The van der Waals surface area contributed by atoms with Gasteiger partial charge in [0, 0.05) is 11.3 Å². The van der Waals surface area contributed by atoms with Crippen molar-refractivity contribution in [2.75, 3.05) is 11.9 Å². The van der Waals surface area contributed by atoms with Gasteiger partial charge in [0.25, 0.3) is 0 Å². The number of benzene rings is 1.